The second-order valence-corrected chi connectivity index (χ2v) is 9.47. The molecular formula is C29H56O4. The Balaban J connectivity index is 3.46. The lowest BCUT2D eigenvalue weighted by atomic mass is 10.1. The minimum atomic E-state index is -0.527. The number of unbranched alkanes of at least 4 members (excludes halogenated alkanes) is 16. The standard InChI is InChI=1S/C29H56O4/c1-3-5-7-9-11-12-13-14-15-16-17-18-19-20-22-24-29(31)33-28(26-30)27-32-25-23-21-10-8-6-4-2/h14-15,28,30H,3-13,16-27H2,1-2H3. The Bertz CT molecular complexity index is 422. The first kappa shape index (κ1) is 32.1. The lowest BCUT2D eigenvalue weighted by molar-refractivity contribution is -0.154. The summed E-state index contributed by atoms with van der Waals surface area (Å²) in [6.45, 7) is 5.28. The predicted molar refractivity (Wildman–Crippen MR) is 141 cm³/mol. The van der Waals surface area contributed by atoms with Crippen molar-refractivity contribution in [3.63, 3.8) is 0 Å². The minimum absolute atomic E-state index is 0.172. The molecule has 4 heteroatoms. The highest BCUT2D eigenvalue weighted by atomic mass is 16.6. The molecule has 0 aromatic heterocycles. The maximum absolute atomic E-state index is 12.0. The number of allylic oxidation sites excluding steroid dienone is 2. The number of rotatable bonds is 26. The fraction of sp³-hybridized carbons (Fsp3) is 0.897. The summed E-state index contributed by atoms with van der Waals surface area (Å²) in [7, 11) is 0. The van der Waals surface area contributed by atoms with Gasteiger partial charge in [-0.15, -0.1) is 0 Å². The Hall–Kier alpha value is -0.870. The number of hydrogen-bond donors (Lipinski definition) is 1. The van der Waals surface area contributed by atoms with Crippen LogP contribution in [0.15, 0.2) is 12.2 Å². The number of esters is 1. The molecule has 0 saturated carbocycles. The maximum Gasteiger partial charge on any atom is 0.306 e. The predicted octanol–water partition coefficient (Wildman–Crippen LogP) is 8.31. The fourth-order valence-electron chi connectivity index (χ4n) is 3.91. The molecule has 0 aliphatic rings. The Morgan fingerprint density at radius 3 is 1.73 bits per heavy atom. The van der Waals surface area contributed by atoms with E-state index < -0.39 is 6.10 Å². The molecule has 0 aromatic carbocycles. The largest absolute Gasteiger partial charge is 0.457 e. The van der Waals surface area contributed by atoms with Crippen LogP contribution >= 0.6 is 0 Å². The SMILES string of the molecule is CCCCCCCCC=CCCCCCCCC(=O)OC(CO)COCCCCCCCC. The molecule has 33 heavy (non-hydrogen) atoms. The van der Waals surface area contributed by atoms with E-state index in [0.717, 1.165) is 19.3 Å². The molecule has 1 unspecified atom stereocenters. The average Bonchev–Trinajstić information content (AvgIpc) is 2.82. The summed E-state index contributed by atoms with van der Waals surface area (Å²) in [5.74, 6) is -0.213. The van der Waals surface area contributed by atoms with Crippen LogP contribution in [0.3, 0.4) is 0 Å². The van der Waals surface area contributed by atoms with Crippen molar-refractivity contribution in [2.24, 2.45) is 0 Å². The molecule has 0 radical (unpaired) electrons. The molecule has 0 spiro atoms. The fourth-order valence-corrected chi connectivity index (χ4v) is 3.91. The van der Waals surface area contributed by atoms with Crippen molar-refractivity contribution in [2.75, 3.05) is 19.8 Å². The van der Waals surface area contributed by atoms with E-state index in [1.807, 2.05) is 0 Å². The van der Waals surface area contributed by atoms with Gasteiger partial charge in [0.15, 0.2) is 0 Å². The zero-order chi connectivity index (χ0) is 24.2. The van der Waals surface area contributed by atoms with E-state index in [9.17, 15) is 9.90 Å². The monoisotopic (exact) mass is 468 g/mol. The number of carbonyl (C=O) groups excluding carboxylic acids is 1. The lowest BCUT2D eigenvalue weighted by Gasteiger charge is -2.15. The summed E-state index contributed by atoms with van der Waals surface area (Å²) in [5, 5.41) is 9.42. The molecular weight excluding hydrogens is 412 g/mol. The number of aliphatic hydroxyl groups excluding tert-OH is 1. The van der Waals surface area contributed by atoms with Gasteiger partial charge in [0.1, 0.15) is 6.10 Å². The maximum atomic E-state index is 12.0. The highest BCUT2D eigenvalue weighted by molar-refractivity contribution is 5.69. The molecule has 0 saturated heterocycles. The van der Waals surface area contributed by atoms with Crippen LogP contribution in [0.4, 0.5) is 0 Å². The number of ether oxygens (including phenoxy) is 2. The van der Waals surface area contributed by atoms with Crippen LogP contribution in [-0.2, 0) is 14.3 Å². The van der Waals surface area contributed by atoms with Crippen LogP contribution in [-0.4, -0.2) is 37.0 Å². The lowest BCUT2D eigenvalue weighted by Crippen LogP contribution is -2.27. The van der Waals surface area contributed by atoms with Crippen LogP contribution in [0.2, 0.25) is 0 Å². The van der Waals surface area contributed by atoms with Crippen LogP contribution < -0.4 is 0 Å². The van der Waals surface area contributed by atoms with Gasteiger partial charge in [0, 0.05) is 13.0 Å². The molecule has 0 heterocycles. The van der Waals surface area contributed by atoms with Gasteiger partial charge in [-0.25, -0.2) is 0 Å². The average molecular weight is 469 g/mol. The van der Waals surface area contributed by atoms with E-state index in [1.54, 1.807) is 0 Å². The number of aliphatic hydroxyl groups is 1. The summed E-state index contributed by atoms with van der Waals surface area (Å²) < 4.78 is 10.9. The Kier molecular flexibility index (Phi) is 26.7. The van der Waals surface area contributed by atoms with Gasteiger partial charge in [0.2, 0.25) is 0 Å². The highest BCUT2D eigenvalue weighted by Crippen LogP contribution is 2.11. The molecule has 196 valence electrons. The summed E-state index contributed by atoms with van der Waals surface area (Å²) in [5.41, 5.74) is 0. The summed E-state index contributed by atoms with van der Waals surface area (Å²) in [6.07, 6.45) is 28.1. The Morgan fingerprint density at radius 2 is 1.18 bits per heavy atom. The van der Waals surface area contributed by atoms with Crippen molar-refractivity contribution in [3.8, 4) is 0 Å². The molecule has 0 bridgehead atoms. The van der Waals surface area contributed by atoms with Gasteiger partial charge in [-0.05, 0) is 38.5 Å². The van der Waals surface area contributed by atoms with Crippen molar-refractivity contribution < 1.29 is 19.4 Å². The molecule has 0 fully saturated rings. The van der Waals surface area contributed by atoms with E-state index in [0.29, 0.717) is 19.6 Å². The zero-order valence-corrected chi connectivity index (χ0v) is 22.2. The van der Waals surface area contributed by atoms with Crippen molar-refractivity contribution in [2.45, 2.75) is 148 Å². The Morgan fingerprint density at radius 1 is 0.697 bits per heavy atom. The van der Waals surface area contributed by atoms with Crippen molar-refractivity contribution in [3.05, 3.63) is 12.2 Å². The smallest absolute Gasteiger partial charge is 0.306 e. The van der Waals surface area contributed by atoms with Gasteiger partial charge in [0.05, 0.1) is 13.2 Å². The van der Waals surface area contributed by atoms with E-state index in [2.05, 4.69) is 26.0 Å². The topological polar surface area (TPSA) is 55.8 Å². The van der Waals surface area contributed by atoms with Crippen LogP contribution in [0.25, 0.3) is 0 Å². The van der Waals surface area contributed by atoms with Crippen molar-refractivity contribution in [1.82, 2.24) is 0 Å². The van der Waals surface area contributed by atoms with E-state index in [-0.39, 0.29) is 12.6 Å². The molecule has 1 atom stereocenters. The first-order valence-corrected chi connectivity index (χ1v) is 14.3. The summed E-state index contributed by atoms with van der Waals surface area (Å²) in [6, 6.07) is 0. The summed E-state index contributed by atoms with van der Waals surface area (Å²) >= 11 is 0. The van der Waals surface area contributed by atoms with Gasteiger partial charge >= 0.3 is 5.97 Å². The minimum Gasteiger partial charge on any atom is -0.457 e. The third-order valence-electron chi connectivity index (χ3n) is 6.09. The first-order chi connectivity index (χ1) is 16.2. The molecule has 1 N–H and O–H groups in total. The molecule has 0 aliphatic heterocycles. The van der Waals surface area contributed by atoms with Crippen molar-refractivity contribution in [1.29, 1.82) is 0 Å². The molecule has 0 rings (SSSR count). The van der Waals surface area contributed by atoms with E-state index in [4.69, 9.17) is 9.47 Å². The van der Waals surface area contributed by atoms with Gasteiger partial charge in [-0.3, -0.25) is 4.79 Å². The van der Waals surface area contributed by atoms with Gasteiger partial charge in [-0.2, -0.15) is 0 Å². The summed E-state index contributed by atoms with van der Waals surface area (Å²) in [4.78, 5) is 12.0. The van der Waals surface area contributed by atoms with Crippen LogP contribution in [0.1, 0.15) is 142 Å². The third-order valence-corrected chi connectivity index (χ3v) is 6.09. The van der Waals surface area contributed by atoms with E-state index in [1.165, 1.54) is 103 Å². The normalized spacial score (nSPS) is 12.5. The van der Waals surface area contributed by atoms with Crippen LogP contribution in [0.5, 0.6) is 0 Å². The highest BCUT2D eigenvalue weighted by Gasteiger charge is 2.13. The Labute approximate surface area is 205 Å². The second kappa shape index (κ2) is 27.4. The van der Waals surface area contributed by atoms with Crippen LogP contribution in [0, 0.1) is 0 Å². The third kappa shape index (κ3) is 25.6. The molecule has 0 amide bonds. The van der Waals surface area contributed by atoms with E-state index >= 15 is 0 Å². The van der Waals surface area contributed by atoms with Gasteiger partial charge in [-0.1, -0.05) is 109 Å². The van der Waals surface area contributed by atoms with Gasteiger partial charge in [0.25, 0.3) is 0 Å². The second-order valence-electron chi connectivity index (χ2n) is 9.47. The first-order valence-electron chi connectivity index (χ1n) is 14.3. The number of carbonyl (C=O) groups is 1. The van der Waals surface area contributed by atoms with Crippen molar-refractivity contribution >= 4 is 5.97 Å². The quantitative estimate of drug-likeness (QED) is 0.0787. The van der Waals surface area contributed by atoms with Gasteiger partial charge < -0.3 is 14.6 Å². The molecule has 0 aliphatic carbocycles. The zero-order valence-electron chi connectivity index (χ0n) is 22.2. The molecule has 4 nitrogen and oxygen atoms in total. The molecule has 0 aromatic rings. The number of hydrogen-bond acceptors (Lipinski definition) is 4.